The van der Waals surface area contributed by atoms with Crippen molar-refractivity contribution in [1.29, 1.82) is 0 Å². The summed E-state index contributed by atoms with van der Waals surface area (Å²) in [5.74, 6) is 0.695. The molecular formula is C13H28N2O. The zero-order valence-corrected chi connectivity index (χ0v) is 11.3. The Bertz CT molecular complexity index is 185. The summed E-state index contributed by atoms with van der Waals surface area (Å²) in [6.45, 7) is 14.2. The molecular weight excluding hydrogens is 200 g/mol. The topological polar surface area (TPSA) is 24.5 Å². The maximum atomic E-state index is 5.54. The van der Waals surface area contributed by atoms with Gasteiger partial charge in [0.25, 0.3) is 0 Å². The van der Waals surface area contributed by atoms with Gasteiger partial charge in [-0.05, 0) is 18.9 Å². The van der Waals surface area contributed by atoms with E-state index in [0.717, 1.165) is 32.8 Å². The number of ether oxygens (including phenoxy) is 1. The second-order valence-corrected chi connectivity index (χ2v) is 5.04. The van der Waals surface area contributed by atoms with E-state index in [4.69, 9.17) is 4.74 Å². The van der Waals surface area contributed by atoms with Crippen LogP contribution in [0.3, 0.4) is 0 Å². The zero-order valence-electron chi connectivity index (χ0n) is 11.3. The van der Waals surface area contributed by atoms with Crippen LogP contribution in [0.1, 0.15) is 34.1 Å². The summed E-state index contributed by atoms with van der Waals surface area (Å²) in [7, 11) is 0. The molecule has 0 spiro atoms. The fraction of sp³-hybridized carbons (Fsp3) is 1.00. The fourth-order valence-electron chi connectivity index (χ4n) is 2.33. The molecule has 0 aromatic carbocycles. The van der Waals surface area contributed by atoms with E-state index < -0.39 is 0 Å². The van der Waals surface area contributed by atoms with Crippen molar-refractivity contribution in [2.45, 2.75) is 46.2 Å². The van der Waals surface area contributed by atoms with Crippen LogP contribution >= 0.6 is 0 Å². The third-order valence-corrected chi connectivity index (χ3v) is 3.52. The smallest absolute Gasteiger partial charge is 0.0622 e. The van der Waals surface area contributed by atoms with E-state index in [9.17, 15) is 0 Å². The minimum Gasteiger partial charge on any atom is -0.378 e. The minimum absolute atomic E-state index is 0.608. The number of hydrogen-bond acceptors (Lipinski definition) is 3. The molecule has 1 fully saturated rings. The first-order valence-electron chi connectivity index (χ1n) is 6.74. The molecule has 1 heterocycles. The van der Waals surface area contributed by atoms with Gasteiger partial charge < -0.3 is 10.1 Å². The predicted octanol–water partition coefficient (Wildman–Crippen LogP) is 1.73. The maximum absolute atomic E-state index is 5.54. The Morgan fingerprint density at radius 3 is 2.69 bits per heavy atom. The lowest BCUT2D eigenvalue weighted by Crippen LogP contribution is -2.52. The van der Waals surface area contributed by atoms with Crippen LogP contribution < -0.4 is 5.32 Å². The van der Waals surface area contributed by atoms with Crippen LogP contribution in [0.15, 0.2) is 0 Å². The lowest BCUT2D eigenvalue weighted by molar-refractivity contribution is -0.0146. The molecule has 0 bridgehead atoms. The molecule has 1 aliphatic heterocycles. The molecule has 0 aromatic heterocycles. The highest BCUT2D eigenvalue weighted by Crippen LogP contribution is 2.13. The van der Waals surface area contributed by atoms with Gasteiger partial charge in [-0.2, -0.15) is 0 Å². The Morgan fingerprint density at radius 2 is 2.12 bits per heavy atom. The Balaban J connectivity index is 2.47. The lowest BCUT2D eigenvalue weighted by Gasteiger charge is -2.38. The first-order valence-corrected chi connectivity index (χ1v) is 6.74. The molecule has 0 radical (unpaired) electrons. The second kappa shape index (κ2) is 7.25. The summed E-state index contributed by atoms with van der Waals surface area (Å²) in [5, 5.41) is 3.59. The van der Waals surface area contributed by atoms with Gasteiger partial charge in [0, 0.05) is 25.2 Å². The average Bonchev–Trinajstić information content (AvgIpc) is 2.29. The Morgan fingerprint density at radius 1 is 1.38 bits per heavy atom. The number of nitrogens with one attached hydrogen (secondary N) is 1. The summed E-state index contributed by atoms with van der Waals surface area (Å²) in [6, 6.07) is 1.23. The van der Waals surface area contributed by atoms with Crippen LogP contribution in [0.2, 0.25) is 0 Å². The molecule has 0 aromatic rings. The first kappa shape index (κ1) is 13.9. The number of morpholine rings is 1. The van der Waals surface area contributed by atoms with E-state index >= 15 is 0 Å². The van der Waals surface area contributed by atoms with Crippen molar-refractivity contribution in [2.75, 3.05) is 32.8 Å². The molecule has 1 rings (SSSR count). The van der Waals surface area contributed by atoms with Gasteiger partial charge in [-0.25, -0.2) is 0 Å². The molecule has 1 N–H and O–H groups in total. The monoisotopic (exact) mass is 228 g/mol. The number of rotatable bonds is 6. The quantitative estimate of drug-likeness (QED) is 0.749. The van der Waals surface area contributed by atoms with E-state index in [1.54, 1.807) is 0 Å². The lowest BCUT2D eigenvalue weighted by atomic mass is 10.0. The van der Waals surface area contributed by atoms with Gasteiger partial charge in [0.05, 0.1) is 13.2 Å². The van der Waals surface area contributed by atoms with Crippen molar-refractivity contribution in [1.82, 2.24) is 10.2 Å². The average molecular weight is 228 g/mol. The van der Waals surface area contributed by atoms with Crippen LogP contribution in [0, 0.1) is 5.92 Å². The van der Waals surface area contributed by atoms with E-state index in [-0.39, 0.29) is 0 Å². The van der Waals surface area contributed by atoms with Crippen molar-refractivity contribution >= 4 is 0 Å². The summed E-state index contributed by atoms with van der Waals surface area (Å²) in [4.78, 5) is 2.59. The number of likely N-dealkylation sites (N-methyl/N-ethyl adjacent to an activating group) is 1. The van der Waals surface area contributed by atoms with Crippen LogP contribution in [0.4, 0.5) is 0 Å². The van der Waals surface area contributed by atoms with E-state index in [2.05, 4.69) is 37.9 Å². The molecule has 2 unspecified atom stereocenters. The second-order valence-electron chi connectivity index (χ2n) is 5.04. The molecule has 96 valence electrons. The highest BCUT2D eigenvalue weighted by atomic mass is 16.5. The van der Waals surface area contributed by atoms with Crippen molar-refractivity contribution in [3.63, 3.8) is 0 Å². The highest BCUT2D eigenvalue weighted by molar-refractivity contribution is 4.81. The van der Waals surface area contributed by atoms with Crippen LogP contribution in [0.5, 0.6) is 0 Å². The molecule has 0 aliphatic carbocycles. The Hall–Kier alpha value is -0.120. The van der Waals surface area contributed by atoms with E-state index in [0.29, 0.717) is 18.0 Å². The van der Waals surface area contributed by atoms with Crippen molar-refractivity contribution in [3.05, 3.63) is 0 Å². The standard InChI is InChI=1S/C13H28N2O/c1-5-12-10-16-8-7-15(12)9-13(11(3)4)14-6-2/h11-14H,5-10H2,1-4H3. The van der Waals surface area contributed by atoms with Gasteiger partial charge in [-0.15, -0.1) is 0 Å². The Labute approximate surface area is 101 Å². The maximum Gasteiger partial charge on any atom is 0.0622 e. The molecule has 0 saturated carbocycles. The normalized spacial score (nSPS) is 24.9. The molecule has 0 amide bonds. The first-order chi connectivity index (χ1) is 7.69. The Kier molecular flexibility index (Phi) is 6.32. The third-order valence-electron chi connectivity index (χ3n) is 3.52. The summed E-state index contributed by atoms with van der Waals surface area (Å²) in [5.41, 5.74) is 0. The number of nitrogens with zero attached hydrogens (tertiary/aromatic N) is 1. The minimum atomic E-state index is 0.608. The largest absolute Gasteiger partial charge is 0.378 e. The van der Waals surface area contributed by atoms with Crippen molar-refractivity contribution < 1.29 is 4.74 Å². The molecule has 2 atom stereocenters. The van der Waals surface area contributed by atoms with Gasteiger partial charge in [0.2, 0.25) is 0 Å². The molecule has 16 heavy (non-hydrogen) atoms. The van der Waals surface area contributed by atoms with Gasteiger partial charge in [0.15, 0.2) is 0 Å². The van der Waals surface area contributed by atoms with Crippen LogP contribution in [0.25, 0.3) is 0 Å². The SMILES string of the molecule is CCNC(CN1CCOCC1CC)C(C)C. The van der Waals surface area contributed by atoms with E-state index in [1.165, 1.54) is 6.42 Å². The van der Waals surface area contributed by atoms with Crippen LogP contribution in [-0.2, 0) is 4.74 Å². The summed E-state index contributed by atoms with van der Waals surface area (Å²) in [6.07, 6.45) is 1.19. The highest BCUT2D eigenvalue weighted by Gasteiger charge is 2.24. The van der Waals surface area contributed by atoms with Crippen molar-refractivity contribution in [2.24, 2.45) is 5.92 Å². The predicted molar refractivity (Wildman–Crippen MR) is 68.8 cm³/mol. The van der Waals surface area contributed by atoms with Crippen molar-refractivity contribution in [3.8, 4) is 0 Å². The number of hydrogen-bond donors (Lipinski definition) is 1. The van der Waals surface area contributed by atoms with Gasteiger partial charge >= 0.3 is 0 Å². The molecule has 3 heteroatoms. The zero-order chi connectivity index (χ0) is 12.0. The third kappa shape index (κ3) is 4.04. The summed E-state index contributed by atoms with van der Waals surface area (Å²) < 4.78 is 5.54. The van der Waals surface area contributed by atoms with Gasteiger partial charge in [-0.3, -0.25) is 4.90 Å². The van der Waals surface area contributed by atoms with Gasteiger partial charge in [-0.1, -0.05) is 27.7 Å². The fourth-order valence-corrected chi connectivity index (χ4v) is 2.33. The van der Waals surface area contributed by atoms with Crippen LogP contribution in [-0.4, -0.2) is 49.8 Å². The van der Waals surface area contributed by atoms with E-state index in [1.807, 2.05) is 0 Å². The molecule has 3 nitrogen and oxygen atoms in total. The molecule has 1 aliphatic rings. The summed E-state index contributed by atoms with van der Waals surface area (Å²) >= 11 is 0. The molecule has 1 saturated heterocycles. The van der Waals surface area contributed by atoms with Gasteiger partial charge in [0.1, 0.15) is 0 Å².